The summed E-state index contributed by atoms with van der Waals surface area (Å²) >= 11 is 6.10. The summed E-state index contributed by atoms with van der Waals surface area (Å²) in [5.74, 6) is 0.820. The number of carbonyl (C=O) groups excluding carboxylic acids is 2. The number of anilines is 1. The maximum atomic E-state index is 12.6. The number of halogens is 1. The number of hydrogen-bond donors (Lipinski definition) is 1. The topological polar surface area (TPSA) is 49.4 Å². The van der Waals surface area contributed by atoms with Gasteiger partial charge in [-0.1, -0.05) is 17.7 Å². The molecule has 1 aromatic carbocycles. The summed E-state index contributed by atoms with van der Waals surface area (Å²) in [6.07, 6.45) is 3.29. The molecule has 4 nitrogen and oxygen atoms in total. The molecule has 4 atom stereocenters. The Balaban J connectivity index is 1.48. The fourth-order valence-corrected chi connectivity index (χ4v) is 4.68. The Morgan fingerprint density at radius 2 is 1.82 bits per heavy atom. The van der Waals surface area contributed by atoms with E-state index in [1.54, 1.807) is 0 Å². The number of imide groups is 1. The molecule has 2 amide bonds. The van der Waals surface area contributed by atoms with Crippen LogP contribution in [0.2, 0.25) is 5.02 Å². The van der Waals surface area contributed by atoms with Crippen molar-refractivity contribution in [2.45, 2.75) is 26.2 Å². The molecule has 1 heterocycles. The number of hydrogen-bond acceptors (Lipinski definition) is 3. The molecule has 0 unspecified atom stereocenters. The second-order valence-corrected chi connectivity index (χ2v) is 7.20. The summed E-state index contributed by atoms with van der Waals surface area (Å²) in [7, 11) is 0. The lowest BCUT2D eigenvalue weighted by molar-refractivity contribution is -0.140. The maximum absolute atomic E-state index is 12.6. The molecule has 1 aliphatic heterocycles. The average molecular weight is 319 g/mol. The molecule has 2 aliphatic carbocycles. The highest BCUT2D eigenvalue weighted by atomic mass is 35.5. The minimum absolute atomic E-state index is 0.0212. The van der Waals surface area contributed by atoms with Crippen LogP contribution in [0, 0.1) is 30.6 Å². The highest BCUT2D eigenvalue weighted by Crippen LogP contribution is 2.56. The molecule has 116 valence electrons. The quantitative estimate of drug-likeness (QED) is 0.871. The van der Waals surface area contributed by atoms with E-state index in [1.165, 1.54) is 4.90 Å². The van der Waals surface area contributed by atoms with E-state index in [-0.39, 0.29) is 30.3 Å². The maximum Gasteiger partial charge on any atom is 0.234 e. The molecule has 22 heavy (non-hydrogen) atoms. The van der Waals surface area contributed by atoms with Crippen LogP contribution in [-0.4, -0.2) is 23.4 Å². The fraction of sp³-hybridized carbons (Fsp3) is 0.529. The molecule has 1 saturated heterocycles. The zero-order chi connectivity index (χ0) is 15.4. The number of nitrogens with one attached hydrogen (secondary N) is 1. The molecule has 3 fully saturated rings. The van der Waals surface area contributed by atoms with Crippen LogP contribution in [-0.2, 0) is 9.59 Å². The first-order chi connectivity index (χ1) is 10.6. The number of likely N-dealkylation sites (tertiary alicyclic amines) is 1. The van der Waals surface area contributed by atoms with E-state index in [2.05, 4.69) is 5.32 Å². The van der Waals surface area contributed by atoms with Gasteiger partial charge in [-0.25, -0.2) is 0 Å². The minimum Gasteiger partial charge on any atom is -0.367 e. The molecule has 2 bridgehead atoms. The van der Waals surface area contributed by atoms with Gasteiger partial charge < -0.3 is 5.32 Å². The first kappa shape index (κ1) is 14.1. The second kappa shape index (κ2) is 4.98. The lowest BCUT2D eigenvalue weighted by Crippen LogP contribution is -2.36. The molecule has 0 radical (unpaired) electrons. The number of amides is 2. The minimum atomic E-state index is -0.0466. The second-order valence-electron chi connectivity index (χ2n) is 6.79. The molecule has 1 aromatic rings. The molecule has 3 aliphatic rings. The van der Waals surface area contributed by atoms with Gasteiger partial charge in [-0.15, -0.1) is 0 Å². The highest BCUT2D eigenvalue weighted by molar-refractivity contribution is 6.31. The van der Waals surface area contributed by atoms with Crippen LogP contribution in [0.5, 0.6) is 0 Å². The number of rotatable bonds is 3. The van der Waals surface area contributed by atoms with Gasteiger partial charge in [0.25, 0.3) is 0 Å². The third-order valence-electron chi connectivity index (χ3n) is 5.63. The lowest BCUT2D eigenvalue weighted by atomic mass is 9.81. The number of benzene rings is 1. The molecule has 4 rings (SSSR count). The van der Waals surface area contributed by atoms with Crippen molar-refractivity contribution < 1.29 is 9.59 Å². The van der Waals surface area contributed by atoms with Crippen molar-refractivity contribution in [1.82, 2.24) is 4.90 Å². The van der Waals surface area contributed by atoms with Crippen LogP contribution < -0.4 is 5.32 Å². The van der Waals surface area contributed by atoms with Gasteiger partial charge >= 0.3 is 0 Å². The largest absolute Gasteiger partial charge is 0.367 e. The van der Waals surface area contributed by atoms with Crippen LogP contribution in [0.4, 0.5) is 5.69 Å². The van der Waals surface area contributed by atoms with Gasteiger partial charge in [0.15, 0.2) is 0 Å². The van der Waals surface area contributed by atoms with Crippen LogP contribution in [0.1, 0.15) is 24.8 Å². The normalized spacial score (nSPS) is 32.7. The number of fused-ring (bicyclic) bond motifs is 5. The SMILES string of the molecule is Cc1ccc(NCN2C(=O)[C@H]3[C@H]4CC[C@@H](C4)[C@@H]3C2=O)cc1Cl. The van der Waals surface area contributed by atoms with Crippen LogP contribution in [0.3, 0.4) is 0 Å². The van der Waals surface area contributed by atoms with Crippen molar-refractivity contribution in [3.8, 4) is 0 Å². The molecule has 0 aromatic heterocycles. The third kappa shape index (κ3) is 1.97. The predicted molar refractivity (Wildman–Crippen MR) is 84.3 cm³/mol. The number of aryl methyl sites for hydroxylation is 1. The molecule has 1 N–H and O–H groups in total. The first-order valence-electron chi connectivity index (χ1n) is 7.91. The van der Waals surface area contributed by atoms with Gasteiger partial charge in [-0.3, -0.25) is 14.5 Å². The van der Waals surface area contributed by atoms with Gasteiger partial charge in [0.05, 0.1) is 18.5 Å². The Morgan fingerprint density at radius 1 is 1.18 bits per heavy atom. The Bertz CT molecular complexity index is 632. The molecular weight excluding hydrogens is 300 g/mol. The summed E-state index contributed by atoms with van der Waals surface area (Å²) in [5.41, 5.74) is 1.84. The lowest BCUT2D eigenvalue weighted by Gasteiger charge is -2.19. The Kier molecular flexibility index (Phi) is 3.19. The van der Waals surface area contributed by atoms with Gasteiger partial charge in [0.1, 0.15) is 0 Å². The Labute approximate surface area is 134 Å². The first-order valence-corrected chi connectivity index (χ1v) is 8.29. The van der Waals surface area contributed by atoms with E-state index < -0.39 is 0 Å². The van der Waals surface area contributed by atoms with Gasteiger partial charge in [0, 0.05) is 10.7 Å². The number of carbonyl (C=O) groups is 2. The van der Waals surface area contributed by atoms with E-state index >= 15 is 0 Å². The van der Waals surface area contributed by atoms with E-state index in [0.29, 0.717) is 16.9 Å². The number of nitrogens with zero attached hydrogens (tertiary/aromatic N) is 1. The Morgan fingerprint density at radius 3 is 2.41 bits per heavy atom. The van der Waals surface area contributed by atoms with Gasteiger partial charge in [-0.05, 0) is 55.7 Å². The van der Waals surface area contributed by atoms with Crippen molar-refractivity contribution in [3.05, 3.63) is 28.8 Å². The zero-order valence-electron chi connectivity index (χ0n) is 12.5. The predicted octanol–water partition coefficient (Wildman–Crippen LogP) is 3.05. The van der Waals surface area contributed by atoms with Crippen LogP contribution in [0.25, 0.3) is 0 Å². The van der Waals surface area contributed by atoms with Crippen molar-refractivity contribution in [1.29, 1.82) is 0 Å². The summed E-state index contributed by atoms with van der Waals surface area (Å²) in [4.78, 5) is 26.5. The van der Waals surface area contributed by atoms with Crippen LogP contribution in [0.15, 0.2) is 18.2 Å². The van der Waals surface area contributed by atoms with Crippen molar-refractivity contribution in [3.63, 3.8) is 0 Å². The summed E-state index contributed by atoms with van der Waals surface area (Å²) in [6.45, 7) is 2.18. The van der Waals surface area contributed by atoms with Crippen LogP contribution >= 0.6 is 11.6 Å². The fourth-order valence-electron chi connectivity index (χ4n) is 4.50. The summed E-state index contributed by atoms with van der Waals surface area (Å²) < 4.78 is 0. The van der Waals surface area contributed by atoms with Crippen molar-refractivity contribution in [2.24, 2.45) is 23.7 Å². The Hall–Kier alpha value is -1.55. The zero-order valence-corrected chi connectivity index (χ0v) is 13.3. The van der Waals surface area contributed by atoms with E-state index in [4.69, 9.17) is 11.6 Å². The smallest absolute Gasteiger partial charge is 0.234 e. The molecular formula is C17H19ClN2O2. The average Bonchev–Trinajstić information content (AvgIpc) is 3.16. The van der Waals surface area contributed by atoms with E-state index in [9.17, 15) is 9.59 Å². The molecule has 5 heteroatoms. The summed E-state index contributed by atoms with van der Waals surface area (Å²) in [6, 6.07) is 5.66. The van der Waals surface area contributed by atoms with Gasteiger partial charge in [0.2, 0.25) is 11.8 Å². The third-order valence-corrected chi connectivity index (χ3v) is 6.04. The van der Waals surface area contributed by atoms with Gasteiger partial charge in [-0.2, -0.15) is 0 Å². The monoisotopic (exact) mass is 318 g/mol. The molecule has 0 spiro atoms. The van der Waals surface area contributed by atoms with Crippen molar-refractivity contribution >= 4 is 29.1 Å². The van der Waals surface area contributed by atoms with E-state index in [0.717, 1.165) is 30.5 Å². The standard InChI is InChI=1S/C17H19ClN2O2/c1-9-2-5-12(7-13(9)18)19-8-20-16(21)14-10-3-4-11(6-10)15(14)17(20)22/h2,5,7,10-11,14-15,19H,3-4,6,8H2,1H3/t10-,11-,14-,15-/m0/s1. The molecule has 2 saturated carbocycles. The van der Waals surface area contributed by atoms with E-state index in [1.807, 2.05) is 25.1 Å². The highest BCUT2D eigenvalue weighted by Gasteiger charge is 2.60. The summed E-state index contributed by atoms with van der Waals surface area (Å²) in [5, 5.41) is 3.83. The van der Waals surface area contributed by atoms with Crippen molar-refractivity contribution in [2.75, 3.05) is 12.0 Å².